The molecule has 0 amide bonds. The van der Waals surface area contributed by atoms with Gasteiger partial charge in [-0.15, -0.1) is 0 Å². The van der Waals surface area contributed by atoms with Gasteiger partial charge in [-0.05, 0) is 44.7 Å². The van der Waals surface area contributed by atoms with Gasteiger partial charge < -0.3 is 5.32 Å². The molecule has 2 rings (SSSR count). The minimum atomic E-state index is -2.88. The Hall–Kier alpha value is -0.870. The molecule has 2 unspecified atom stereocenters. The predicted molar refractivity (Wildman–Crippen MR) is 83.8 cm³/mol. The van der Waals surface area contributed by atoms with Gasteiger partial charge in [-0.25, -0.2) is 8.42 Å². The van der Waals surface area contributed by atoms with E-state index in [2.05, 4.69) is 36.5 Å². The van der Waals surface area contributed by atoms with Crippen LogP contribution in [-0.4, -0.2) is 32.5 Å². The molecule has 0 spiro atoms. The first-order valence-corrected chi connectivity index (χ1v) is 9.38. The maximum atomic E-state index is 11.6. The van der Waals surface area contributed by atoms with Crippen LogP contribution in [0, 0.1) is 6.92 Å². The van der Waals surface area contributed by atoms with Crippen molar-refractivity contribution in [2.45, 2.75) is 50.3 Å². The summed E-state index contributed by atoms with van der Waals surface area (Å²) in [6.07, 6.45) is 6.08. The molecule has 0 radical (unpaired) electrons. The molecule has 1 fully saturated rings. The van der Waals surface area contributed by atoms with Crippen molar-refractivity contribution in [3.8, 4) is 0 Å². The number of benzene rings is 1. The molecule has 0 heterocycles. The lowest BCUT2D eigenvalue weighted by molar-refractivity contribution is 0.374. The normalized spacial score (nSPS) is 23.7. The number of sulfone groups is 1. The molecular formula is C16H25NO2S. The van der Waals surface area contributed by atoms with Gasteiger partial charge in [-0.3, -0.25) is 0 Å². The molecule has 112 valence electrons. The zero-order valence-corrected chi connectivity index (χ0v) is 13.2. The van der Waals surface area contributed by atoms with Crippen molar-refractivity contribution in [3.05, 3.63) is 35.4 Å². The smallest absolute Gasteiger partial charge is 0.150 e. The fraction of sp³-hybridized carbons (Fsp3) is 0.625. The van der Waals surface area contributed by atoms with Crippen LogP contribution >= 0.6 is 0 Å². The third kappa shape index (κ3) is 4.60. The van der Waals surface area contributed by atoms with Crippen molar-refractivity contribution in [1.29, 1.82) is 0 Å². The maximum absolute atomic E-state index is 11.6. The Morgan fingerprint density at radius 2 is 2.10 bits per heavy atom. The van der Waals surface area contributed by atoms with Crippen LogP contribution < -0.4 is 5.32 Å². The van der Waals surface area contributed by atoms with Crippen LogP contribution in [0.25, 0.3) is 0 Å². The van der Waals surface area contributed by atoms with Crippen molar-refractivity contribution in [1.82, 2.24) is 5.32 Å². The van der Waals surface area contributed by atoms with Gasteiger partial charge >= 0.3 is 0 Å². The third-order valence-corrected chi connectivity index (χ3v) is 5.80. The number of rotatable bonds is 5. The monoisotopic (exact) mass is 295 g/mol. The average Bonchev–Trinajstić information content (AvgIpc) is 2.38. The molecule has 3 nitrogen and oxygen atoms in total. The zero-order valence-electron chi connectivity index (χ0n) is 12.4. The first-order valence-electron chi connectivity index (χ1n) is 7.43. The lowest BCUT2D eigenvalue weighted by Crippen LogP contribution is -2.39. The zero-order chi connectivity index (χ0) is 14.6. The summed E-state index contributed by atoms with van der Waals surface area (Å²) in [6, 6.07) is 8.91. The van der Waals surface area contributed by atoms with E-state index in [-0.39, 0.29) is 5.25 Å². The van der Waals surface area contributed by atoms with E-state index >= 15 is 0 Å². The summed E-state index contributed by atoms with van der Waals surface area (Å²) in [5.74, 6) is 0. The van der Waals surface area contributed by atoms with E-state index in [0.29, 0.717) is 6.04 Å². The second kappa shape index (κ2) is 6.72. The van der Waals surface area contributed by atoms with E-state index in [9.17, 15) is 8.42 Å². The van der Waals surface area contributed by atoms with Gasteiger partial charge in [-0.2, -0.15) is 0 Å². The van der Waals surface area contributed by atoms with Crippen LogP contribution in [0.5, 0.6) is 0 Å². The van der Waals surface area contributed by atoms with Crippen LogP contribution in [-0.2, 0) is 16.3 Å². The molecule has 4 heteroatoms. The largest absolute Gasteiger partial charge is 0.314 e. The Balaban J connectivity index is 1.79. The number of hydrogen-bond acceptors (Lipinski definition) is 3. The molecule has 0 aliphatic heterocycles. The first-order chi connectivity index (χ1) is 9.45. The van der Waals surface area contributed by atoms with Gasteiger partial charge in [0.15, 0.2) is 0 Å². The summed E-state index contributed by atoms with van der Waals surface area (Å²) >= 11 is 0. The lowest BCUT2D eigenvalue weighted by Gasteiger charge is -2.28. The molecule has 1 aliphatic rings. The van der Waals surface area contributed by atoms with Crippen molar-refractivity contribution in [2.75, 3.05) is 12.8 Å². The SMILES string of the molecule is Cc1cccc(CCNC2CCCC(S(C)(=O)=O)C2)c1. The third-order valence-electron chi connectivity index (χ3n) is 4.16. The summed E-state index contributed by atoms with van der Waals surface area (Å²) in [7, 11) is -2.88. The van der Waals surface area contributed by atoms with Gasteiger partial charge in [0.25, 0.3) is 0 Å². The van der Waals surface area contributed by atoms with Crippen molar-refractivity contribution in [2.24, 2.45) is 0 Å². The van der Waals surface area contributed by atoms with E-state index < -0.39 is 9.84 Å². The highest BCUT2D eigenvalue weighted by atomic mass is 32.2. The molecule has 1 saturated carbocycles. The highest BCUT2D eigenvalue weighted by molar-refractivity contribution is 7.91. The summed E-state index contributed by atoms with van der Waals surface area (Å²) < 4.78 is 23.3. The van der Waals surface area contributed by atoms with Crippen LogP contribution in [0.2, 0.25) is 0 Å². The standard InChI is InChI=1S/C16H25NO2S/c1-13-5-3-6-14(11-13)9-10-17-15-7-4-8-16(12-15)20(2,18)19/h3,5-6,11,15-17H,4,7-10,12H2,1-2H3. The second-order valence-electron chi connectivity index (χ2n) is 6.01. The minimum Gasteiger partial charge on any atom is -0.314 e. The van der Waals surface area contributed by atoms with Crippen molar-refractivity contribution in [3.63, 3.8) is 0 Å². The molecule has 0 saturated heterocycles. The quantitative estimate of drug-likeness (QED) is 0.908. The van der Waals surface area contributed by atoms with Gasteiger partial charge in [0, 0.05) is 12.3 Å². The fourth-order valence-corrected chi connectivity index (χ4v) is 4.18. The molecule has 0 aromatic heterocycles. The summed E-state index contributed by atoms with van der Waals surface area (Å²) in [4.78, 5) is 0. The van der Waals surface area contributed by atoms with Gasteiger partial charge in [0.1, 0.15) is 9.84 Å². The van der Waals surface area contributed by atoms with Crippen molar-refractivity contribution < 1.29 is 8.42 Å². The molecule has 1 N–H and O–H groups in total. The minimum absolute atomic E-state index is 0.146. The van der Waals surface area contributed by atoms with E-state index in [4.69, 9.17) is 0 Å². The molecule has 2 atom stereocenters. The molecule has 1 aromatic carbocycles. The predicted octanol–water partition coefficient (Wildman–Crippen LogP) is 2.48. The Morgan fingerprint density at radius 1 is 1.30 bits per heavy atom. The average molecular weight is 295 g/mol. The van der Waals surface area contributed by atoms with E-state index in [1.807, 2.05) is 0 Å². The number of aryl methyl sites for hydroxylation is 1. The number of nitrogens with one attached hydrogen (secondary N) is 1. The van der Waals surface area contributed by atoms with E-state index in [0.717, 1.165) is 38.6 Å². The first kappa shape index (κ1) is 15.5. The van der Waals surface area contributed by atoms with Gasteiger partial charge in [-0.1, -0.05) is 36.2 Å². The summed E-state index contributed by atoms with van der Waals surface area (Å²) in [5.41, 5.74) is 2.63. The molecule has 0 bridgehead atoms. The Bertz CT molecular complexity index is 539. The molecule has 20 heavy (non-hydrogen) atoms. The highest BCUT2D eigenvalue weighted by Crippen LogP contribution is 2.23. The fourth-order valence-electron chi connectivity index (χ4n) is 3.01. The van der Waals surface area contributed by atoms with Crippen LogP contribution in [0.1, 0.15) is 36.8 Å². The summed E-state index contributed by atoms with van der Waals surface area (Å²) in [6.45, 7) is 3.03. The van der Waals surface area contributed by atoms with Crippen LogP contribution in [0.3, 0.4) is 0 Å². The number of hydrogen-bond donors (Lipinski definition) is 1. The Labute approximate surface area is 122 Å². The van der Waals surface area contributed by atoms with Gasteiger partial charge in [0.2, 0.25) is 0 Å². The maximum Gasteiger partial charge on any atom is 0.150 e. The second-order valence-corrected chi connectivity index (χ2v) is 8.33. The molecule has 1 aliphatic carbocycles. The van der Waals surface area contributed by atoms with Crippen LogP contribution in [0.4, 0.5) is 0 Å². The van der Waals surface area contributed by atoms with Gasteiger partial charge in [0.05, 0.1) is 5.25 Å². The molecular weight excluding hydrogens is 270 g/mol. The highest BCUT2D eigenvalue weighted by Gasteiger charge is 2.28. The summed E-state index contributed by atoms with van der Waals surface area (Å²) in [5, 5.41) is 3.38. The van der Waals surface area contributed by atoms with E-state index in [1.165, 1.54) is 17.4 Å². The topological polar surface area (TPSA) is 46.2 Å². The Morgan fingerprint density at radius 3 is 2.80 bits per heavy atom. The Kier molecular flexibility index (Phi) is 5.22. The molecule has 1 aromatic rings. The van der Waals surface area contributed by atoms with Crippen molar-refractivity contribution >= 4 is 9.84 Å². The lowest BCUT2D eigenvalue weighted by atomic mass is 9.95. The van der Waals surface area contributed by atoms with Crippen LogP contribution in [0.15, 0.2) is 24.3 Å². The van der Waals surface area contributed by atoms with E-state index in [1.54, 1.807) is 0 Å².